The molecule has 0 radical (unpaired) electrons. The number of fused-ring (bicyclic) bond motifs is 1. The topological polar surface area (TPSA) is 114 Å². The molecule has 9 nitrogen and oxygen atoms in total. The number of aliphatic hydroxyl groups excluding tert-OH is 1. The van der Waals surface area contributed by atoms with Gasteiger partial charge < -0.3 is 15.7 Å². The number of rotatable bonds is 8. The van der Waals surface area contributed by atoms with Gasteiger partial charge in [0.15, 0.2) is 6.04 Å². The molecule has 0 unspecified atom stereocenters. The summed E-state index contributed by atoms with van der Waals surface area (Å²) in [5.74, 6) is 0.433. The van der Waals surface area contributed by atoms with Crippen LogP contribution in [-0.2, 0) is 0 Å². The molecular weight excluding hydrogens is 565 g/mol. The van der Waals surface area contributed by atoms with Gasteiger partial charge in [0.1, 0.15) is 16.3 Å². The lowest BCUT2D eigenvalue weighted by atomic mass is 10.1. The van der Waals surface area contributed by atoms with Crippen molar-refractivity contribution >= 4 is 33.3 Å². The lowest BCUT2D eigenvalue weighted by Gasteiger charge is -2.24. The van der Waals surface area contributed by atoms with Crippen molar-refractivity contribution in [2.24, 2.45) is 5.92 Å². The number of benzene rings is 1. The number of anilines is 2. The molecule has 5 aromatic rings. The molecule has 218 valence electrons. The van der Waals surface area contributed by atoms with Gasteiger partial charge in [-0.3, -0.25) is 4.98 Å². The van der Waals surface area contributed by atoms with Gasteiger partial charge in [-0.05, 0) is 68.9 Å². The zero-order valence-corrected chi connectivity index (χ0v) is 23.7. The monoisotopic (exact) mass is 594 g/mol. The Morgan fingerprint density at radius 2 is 1.86 bits per heavy atom. The zero-order valence-electron chi connectivity index (χ0n) is 22.9. The molecule has 0 spiro atoms. The summed E-state index contributed by atoms with van der Waals surface area (Å²) in [6.07, 6.45) is 2.83. The maximum absolute atomic E-state index is 14.4. The highest BCUT2D eigenvalue weighted by Gasteiger charge is 2.41. The summed E-state index contributed by atoms with van der Waals surface area (Å²) >= 11 is 1.46. The Morgan fingerprint density at radius 3 is 2.52 bits per heavy atom. The Hall–Kier alpha value is -4.10. The molecule has 4 aromatic heterocycles. The molecule has 1 aliphatic rings. The predicted octanol–water partition coefficient (Wildman–Crippen LogP) is 6.24. The summed E-state index contributed by atoms with van der Waals surface area (Å²) in [6, 6.07) is 7.63. The number of aliphatic hydroxyl groups is 1. The molecule has 1 aliphatic carbocycles. The van der Waals surface area contributed by atoms with E-state index in [0.717, 1.165) is 35.2 Å². The van der Waals surface area contributed by atoms with E-state index in [9.17, 15) is 18.3 Å². The number of alkyl halides is 3. The second-order valence-corrected chi connectivity index (χ2v) is 11.5. The number of aromatic nitrogens is 6. The fourth-order valence-corrected chi connectivity index (χ4v) is 6.49. The zero-order chi connectivity index (χ0) is 29.4. The van der Waals surface area contributed by atoms with Crippen LogP contribution in [0.4, 0.5) is 24.9 Å². The molecule has 6 rings (SSSR count). The fourth-order valence-electron chi connectivity index (χ4n) is 5.38. The molecule has 1 saturated carbocycles. The molecule has 13 heteroatoms. The van der Waals surface area contributed by atoms with E-state index in [1.165, 1.54) is 23.5 Å². The van der Waals surface area contributed by atoms with Gasteiger partial charge in [-0.1, -0.05) is 12.1 Å². The van der Waals surface area contributed by atoms with Crippen molar-refractivity contribution < 1.29 is 18.3 Å². The van der Waals surface area contributed by atoms with Crippen molar-refractivity contribution in [3.63, 3.8) is 0 Å². The highest BCUT2D eigenvalue weighted by Crippen LogP contribution is 2.40. The summed E-state index contributed by atoms with van der Waals surface area (Å²) in [4.78, 5) is 18.2. The van der Waals surface area contributed by atoms with E-state index >= 15 is 0 Å². The van der Waals surface area contributed by atoms with Crippen LogP contribution < -0.4 is 10.6 Å². The third-order valence-electron chi connectivity index (χ3n) is 7.53. The summed E-state index contributed by atoms with van der Waals surface area (Å²) in [6.45, 7) is 3.72. The summed E-state index contributed by atoms with van der Waals surface area (Å²) in [7, 11) is 0. The number of pyridine rings is 1. The minimum Gasteiger partial charge on any atom is -0.396 e. The Kier molecular flexibility index (Phi) is 7.54. The van der Waals surface area contributed by atoms with Crippen LogP contribution in [0.2, 0.25) is 0 Å². The predicted molar refractivity (Wildman–Crippen MR) is 156 cm³/mol. The quantitative estimate of drug-likeness (QED) is 0.194. The number of nitrogens with one attached hydrogen (secondary N) is 2. The normalized spacial score (nSPS) is 18.0. The van der Waals surface area contributed by atoms with Crippen LogP contribution in [0.15, 0.2) is 55.0 Å². The van der Waals surface area contributed by atoms with Gasteiger partial charge in [0.2, 0.25) is 5.95 Å². The van der Waals surface area contributed by atoms with Gasteiger partial charge in [0.05, 0.1) is 27.3 Å². The van der Waals surface area contributed by atoms with E-state index in [1.54, 1.807) is 48.4 Å². The summed E-state index contributed by atoms with van der Waals surface area (Å²) in [5, 5.41) is 20.4. The molecule has 1 aromatic carbocycles. The van der Waals surface area contributed by atoms with Crippen LogP contribution in [0.3, 0.4) is 0 Å². The molecule has 3 N–H and O–H groups in total. The molecule has 0 bridgehead atoms. The highest BCUT2D eigenvalue weighted by molar-refractivity contribution is 7.21. The van der Waals surface area contributed by atoms with E-state index in [4.69, 9.17) is 4.98 Å². The van der Waals surface area contributed by atoms with Crippen LogP contribution in [0.25, 0.3) is 26.5 Å². The van der Waals surface area contributed by atoms with E-state index < -0.39 is 12.2 Å². The number of halogens is 3. The number of thiazole rings is 1. The smallest absolute Gasteiger partial charge is 0.396 e. The first kappa shape index (κ1) is 28.0. The Labute approximate surface area is 243 Å². The van der Waals surface area contributed by atoms with Crippen molar-refractivity contribution in [3.8, 4) is 16.3 Å². The van der Waals surface area contributed by atoms with E-state index in [2.05, 4.69) is 30.7 Å². The largest absolute Gasteiger partial charge is 0.412 e. The summed E-state index contributed by atoms with van der Waals surface area (Å²) in [5.41, 5.74) is 3.35. The van der Waals surface area contributed by atoms with Crippen molar-refractivity contribution in [2.75, 3.05) is 17.2 Å². The van der Waals surface area contributed by atoms with Gasteiger partial charge in [0.25, 0.3) is 0 Å². The number of hydrogen-bond acceptors (Lipinski definition) is 9. The molecule has 1 fully saturated rings. The molecule has 4 heterocycles. The molecule has 3 atom stereocenters. The van der Waals surface area contributed by atoms with E-state index in [0.29, 0.717) is 27.8 Å². The fraction of sp³-hybridized carbons (Fsp3) is 0.345. The maximum Gasteiger partial charge on any atom is 0.412 e. The first-order valence-corrected chi connectivity index (χ1v) is 14.4. The molecule has 0 amide bonds. The van der Waals surface area contributed by atoms with E-state index in [-0.39, 0.29) is 30.1 Å². The van der Waals surface area contributed by atoms with Gasteiger partial charge in [-0.25, -0.2) is 14.6 Å². The van der Waals surface area contributed by atoms with Crippen LogP contribution in [0, 0.1) is 19.8 Å². The van der Waals surface area contributed by atoms with Crippen molar-refractivity contribution in [2.45, 2.75) is 51.4 Å². The Morgan fingerprint density at radius 1 is 1.05 bits per heavy atom. The second kappa shape index (κ2) is 11.3. The third-order valence-corrected chi connectivity index (χ3v) is 8.57. The minimum atomic E-state index is -4.62. The highest BCUT2D eigenvalue weighted by atomic mass is 32.1. The van der Waals surface area contributed by atoms with Crippen LogP contribution in [0.5, 0.6) is 0 Å². The summed E-state index contributed by atoms with van der Waals surface area (Å²) < 4.78 is 45.7. The van der Waals surface area contributed by atoms with Gasteiger partial charge >= 0.3 is 6.18 Å². The minimum absolute atomic E-state index is 0.00841. The van der Waals surface area contributed by atoms with Crippen LogP contribution in [0.1, 0.15) is 42.3 Å². The molecule has 0 aliphatic heterocycles. The second-order valence-electron chi connectivity index (χ2n) is 10.5. The third kappa shape index (κ3) is 5.66. The van der Waals surface area contributed by atoms with Crippen molar-refractivity contribution in [1.29, 1.82) is 0 Å². The number of hydrogen-bond donors (Lipinski definition) is 3. The maximum atomic E-state index is 14.4. The Balaban J connectivity index is 1.37. The average Bonchev–Trinajstić information content (AvgIpc) is 3.73. The number of nitrogens with zero attached hydrogens (tertiary/aromatic N) is 6. The lowest BCUT2D eigenvalue weighted by Crippen LogP contribution is -2.29. The average molecular weight is 595 g/mol. The van der Waals surface area contributed by atoms with Crippen molar-refractivity contribution in [3.05, 3.63) is 71.9 Å². The van der Waals surface area contributed by atoms with Crippen molar-refractivity contribution in [1.82, 2.24) is 29.7 Å². The van der Waals surface area contributed by atoms with Crippen LogP contribution in [-0.4, -0.2) is 53.6 Å². The van der Waals surface area contributed by atoms with Gasteiger partial charge in [-0.15, -0.1) is 11.3 Å². The SMILES string of the molecule is Cc1nc(N[C@H](c2ccc(-n3cccn3)cc2)C(F)(F)F)nc(N[C@H]2CC[C@@H](CO)C2)c1-c1nc2c(C)nccc2s1. The van der Waals surface area contributed by atoms with Gasteiger partial charge in [0, 0.05) is 31.2 Å². The van der Waals surface area contributed by atoms with Gasteiger partial charge in [-0.2, -0.15) is 23.3 Å². The first-order chi connectivity index (χ1) is 20.2. The molecule has 42 heavy (non-hydrogen) atoms. The Bertz CT molecular complexity index is 1690. The molecular formula is C29H29F3N8OS. The van der Waals surface area contributed by atoms with E-state index in [1.807, 2.05) is 13.0 Å². The lowest BCUT2D eigenvalue weighted by molar-refractivity contribution is -0.144. The van der Waals surface area contributed by atoms with Crippen LogP contribution >= 0.6 is 11.3 Å². The molecule has 0 saturated heterocycles. The number of aryl methyl sites for hydroxylation is 2. The first-order valence-electron chi connectivity index (χ1n) is 13.6. The standard InChI is InChI=1S/C29H29F3N8OS/c1-16-23(27-37-24-17(2)33-12-10-22(24)42-27)26(36-20-7-4-18(14-20)15-41)39-28(35-16)38-25(29(30,31)32)19-5-8-21(9-6-19)40-13-3-11-34-40/h3,5-6,8-13,18,20,25,41H,4,7,14-15H2,1-2H3,(H2,35,36,38,39)/t18-,20+,25-/m1/s1.